The van der Waals surface area contributed by atoms with Gasteiger partial charge in [0.05, 0.1) is 19.1 Å². The topological polar surface area (TPSA) is 97.1 Å². The van der Waals surface area contributed by atoms with Gasteiger partial charge < -0.3 is 18.9 Å². The number of hydrogen-bond acceptors (Lipinski definition) is 7. The van der Waals surface area contributed by atoms with E-state index in [1.807, 2.05) is 19.1 Å². The zero-order valence-corrected chi connectivity index (χ0v) is 14.7. The molecule has 0 unspecified atom stereocenters. The third kappa shape index (κ3) is 4.85. The Labute approximate surface area is 150 Å². The first-order valence-corrected chi connectivity index (χ1v) is 7.69. The van der Waals surface area contributed by atoms with E-state index in [2.05, 4.69) is 0 Å². The number of ether oxygens (including phenoxy) is 4. The van der Waals surface area contributed by atoms with Gasteiger partial charge in [-0.2, -0.15) is 0 Å². The largest absolute Gasteiger partial charge is 0.496 e. The smallest absolute Gasteiger partial charge is 0.344 e. The number of rotatable bonds is 8. The Morgan fingerprint density at radius 3 is 2.46 bits per heavy atom. The fraction of sp³-hybridized carbons (Fsp3) is 0.278. The summed E-state index contributed by atoms with van der Waals surface area (Å²) in [7, 11) is 2.86. The maximum Gasteiger partial charge on any atom is 0.344 e. The van der Waals surface area contributed by atoms with Gasteiger partial charge in [0.2, 0.25) is 5.75 Å². The molecule has 0 heterocycles. The molecule has 0 aliphatic rings. The van der Waals surface area contributed by atoms with E-state index in [1.165, 1.54) is 25.3 Å². The summed E-state index contributed by atoms with van der Waals surface area (Å²) in [5.74, 6) is 0.359. The number of carbonyl (C=O) groups is 1. The fourth-order valence-electron chi connectivity index (χ4n) is 2.26. The summed E-state index contributed by atoms with van der Waals surface area (Å²) in [4.78, 5) is 22.2. The van der Waals surface area contributed by atoms with E-state index in [9.17, 15) is 14.9 Å². The zero-order valence-electron chi connectivity index (χ0n) is 14.7. The van der Waals surface area contributed by atoms with Crippen LogP contribution in [-0.4, -0.2) is 31.7 Å². The lowest BCUT2D eigenvalue weighted by atomic mass is 10.1. The maximum atomic E-state index is 11.9. The normalized spacial score (nSPS) is 10.1. The van der Waals surface area contributed by atoms with Crippen LogP contribution >= 0.6 is 0 Å². The summed E-state index contributed by atoms with van der Waals surface area (Å²) >= 11 is 0. The van der Waals surface area contributed by atoms with Crippen LogP contribution < -0.4 is 14.2 Å². The van der Waals surface area contributed by atoms with E-state index in [0.29, 0.717) is 5.75 Å². The van der Waals surface area contributed by atoms with Crippen molar-refractivity contribution in [2.45, 2.75) is 13.5 Å². The molecular weight excluding hydrogens is 342 g/mol. The molecule has 26 heavy (non-hydrogen) atoms. The number of esters is 1. The highest BCUT2D eigenvalue weighted by Crippen LogP contribution is 2.30. The van der Waals surface area contributed by atoms with Crippen molar-refractivity contribution >= 4 is 11.7 Å². The van der Waals surface area contributed by atoms with E-state index in [4.69, 9.17) is 18.9 Å². The zero-order chi connectivity index (χ0) is 19.1. The monoisotopic (exact) mass is 361 g/mol. The van der Waals surface area contributed by atoms with Crippen LogP contribution in [0.4, 0.5) is 5.69 Å². The molecular formula is C18H19NO7. The van der Waals surface area contributed by atoms with Crippen molar-refractivity contribution < 1.29 is 28.7 Å². The van der Waals surface area contributed by atoms with Crippen LogP contribution in [0.2, 0.25) is 0 Å². The van der Waals surface area contributed by atoms with Gasteiger partial charge in [-0.05, 0) is 25.1 Å². The number of carbonyl (C=O) groups excluding carboxylic acids is 1. The molecule has 2 rings (SSSR count). The molecule has 0 spiro atoms. The van der Waals surface area contributed by atoms with Crippen molar-refractivity contribution in [3.63, 3.8) is 0 Å². The molecule has 0 saturated carbocycles. The summed E-state index contributed by atoms with van der Waals surface area (Å²) in [6.07, 6.45) is 0. The van der Waals surface area contributed by atoms with E-state index >= 15 is 0 Å². The van der Waals surface area contributed by atoms with Crippen LogP contribution in [0.5, 0.6) is 17.2 Å². The molecule has 8 heteroatoms. The van der Waals surface area contributed by atoms with Gasteiger partial charge in [-0.1, -0.05) is 11.6 Å². The Morgan fingerprint density at radius 2 is 1.81 bits per heavy atom. The number of nitro groups is 1. The summed E-state index contributed by atoms with van der Waals surface area (Å²) in [5, 5.41) is 10.9. The minimum absolute atomic E-state index is 0.0466. The molecule has 2 aromatic rings. The molecule has 0 atom stereocenters. The van der Waals surface area contributed by atoms with E-state index < -0.39 is 10.9 Å². The van der Waals surface area contributed by atoms with Crippen LogP contribution in [-0.2, 0) is 16.1 Å². The molecule has 0 N–H and O–H groups in total. The molecule has 0 fully saturated rings. The van der Waals surface area contributed by atoms with Gasteiger partial charge >= 0.3 is 11.7 Å². The molecule has 138 valence electrons. The average molecular weight is 361 g/mol. The highest BCUT2D eigenvalue weighted by atomic mass is 16.6. The standard InChI is InChI=1S/C18H19NO7/c1-12-4-7-16(23-2)13(8-12)10-26-18(20)11-25-14-5-6-15(19(21)22)17(9-14)24-3/h4-9H,10-11H2,1-3H3. The van der Waals surface area contributed by atoms with Crippen molar-refractivity contribution in [1.29, 1.82) is 0 Å². The quantitative estimate of drug-likeness (QED) is 0.405. The lowest BCUT2D eigenvalue weighted by molar-refractivity contribution is -0.385. The van der Waals surface area contributed by atoms with Gasteiger partial charge in [-0.15, -0.1) is 0 Å². The van der Waals surface area contributed by atoms with Crippen LogP contribution in [0.1, 0.15) is 11.1 Å². The van der Waals surface area contributed by atoms with E-state index in [0.717, 1.165) is 11.1 Å². The fourth-order valence-corrected chi connectivity index (χ4v) is 2.26. The van der Waals surface area contributed by atoms with Gasteiger partial charge in [0.1, 0.15) is 18.1 Å². The average Bonchev–Trinajstić information content (AvgIpc) is 2.64. The van der Waals surface area contributed by atoms with Crippen molar-refractivity contribution in [3.05, 3.63) is 57.6 Å². The lowest BCUT2D eigenvalue weighted by Crippen LogP contribution is -2.15. The second-order valence-electron chi connectivity index (χ2n) is 5.36. The Morgan fingerprint density at radius 1 is 1.08 bits per heavy atom. The Kier molecular flexibility index (Phi) is 6.37. The molecule has 0 aliphatic carbocycles. The summed E-state index contributed by atoms with van der Waals surface area (Å²) < 4.78 is 20.7. The molecule has 0 saturated heterocycles. The number of methoxy groups -OCH3 is 2. The predicted octanol–water partition coefficient (Wildman–Crippen LogP) is 3.04. The van der Waals surface area contributed by atoms with E-state index in [-0.39, 0.29) is 30.4 Å². The van der Waals surface area contributed by atoms with Gasteiger partial charge in [-0.3, -0.25) is 10.1 Å². The Balaban J connectivity index is 1.93. The van der Waals surface area contributed by atoms with Gasteiger partial charge in [0.25, 0.3) is 0 Å². The maximum absolute atomic E-state index is 11.9. The molecule has 0 radical (unpaired) electrons. The second kappa shape index (κ2) is 8.70. The Hall–Kier alpha value is -3.29. The highest BCUT2D eigenvalue weighted by Gasteiger charge is 2.16. The lowest BCUT2D eigenvalue weighted by Gasteiger charge is -2.11. The van der Waals surface area contributed by atoms with Crippen LogP contribution in [0.3, 0.4) is 0 Å². The van der Waals surface area contributed by atoms with Crippen LogP contribution in [0.25, 0.3) is 0 Å². The minimum atomic E-state index is -0.578. The Bertz CT molecular complexity index is 804. The van der Waals surface area contributed by atoms with Crippen molar-refractivity contribution in [2.24, 2.45) is 0 Å². The third-order valence-electron chi connectivity index (χ3n) is 3.53. The highest BCUT2D eigenvalue weighted by molar-refractivity contribution is 5.71. The van der Waals surface area contributed by atoms with Crippen molar-refractivity contribution in [1.82, 2.24) is 0 Å². The molecule has 0 amide bonds. The first-order chi connectivity index (χ1) is 12.4. The van der Waals surface area contributed by atoms with E-state index in [1.54, 1.807) is 13.2 Å². The second-order valence-corrected chi connectivity index (χ2v) is 5.36. The molecule has 0 bridgehead atoms. The third-order valence-corrected chi connectivity index (χ3v) is 3.53. The SMILES string of the molecule is COc1ccc(C)cc1COC(=O)COc1ccc([N+](=O)[O-])c(OC)c1. The number of benzene rings is 2. The number of nitro benzene ring substituents is 1. The van der Waals surface area contributed by atoms with Gasteiger partial charge in [-0.25, -0.2) is 4.79 Å². The van der Waals surface area contributed by atoms with Gasteiger partial charge in [0, 0.05) is 17.7 Å². The molecule has 0 aromatic heterocycles. The predicted molar refractivity (Wildman–Crippen MR) is 92.7 cm³/mol. The summed E-state index contributed by atoms with van der Waals surface area (Å²) in [6, 6.07) is 9.55. The molecule has 2 aromatic carbocycles. The van der Waals surface area contributed by atoms with Crippen molar-refractivity contribution in [3.8, 4) is 17.2 Å². The number of hydrogen-bond donors (Lipinski definition) is 0. The van der Waals surface area contributed by atoms with Gasteiger partial charge in [0.15, 0.2) is 6.61 Å². The van der Waals surface area contributed by atoms with Crippen LogP contribution in [0.15, 0.2) is 36.4 Å². The number of nitrogens with zero attached hydrogens (tertiary/aromatic N) is 1. The first-order valence-electron chi connectivity index (χ1n) is 7.69. The molecule has 0 aliphatic heterocycles. The first kappa shape index (κ1) is 19.0. The minimum Gasteiger partial charge on any atom is -0.496 e. The van der Waals surface area contributed by atoms with Crippen LogP contribution in [0, 0.1) is 17.0 Å². The molecule has 8 nitrogen and oxygen atoms in total. The van der Waals surface area contributed by atoms with Crippen molar-refractivity contribution in [2.75, 3.05) is 20.8 Å². The summed E-state index contributed by atoms with van der Waals surface area (Å²) in [5.41, 5.74) is 1.58. The number of aryl methyl sites for hydroxylation is 1. The summed E-state index contributed by atoms with van der Waals surface area (Å²) in [6.45, 7) is 1.64.